The first-order chi connectivity index (χ1) is 14.8. The Morgan fingerprint density at radius 1 is 0.844 bits per heavy atom. The van der Waals surface area contributed by atoms with Gasteiger partial charge in [-0.2, -0.15) is 12.6 Å². The van der Waals surface area contributed by atoms with Gasteiger partial charge in [-0.1, -0.05) is 13.8 Å². The third-order valence-corrected chi connectivity index (χ3v) is 4.73. The third-order valence-electron chi connectivity index (χ3n) is 4.36. The van der Waals surface area contributed by atoms with Gasteiger partial charge in [0.15, 0.2) is 0 Å². The molecule has 0 aromatic heterocycles. The van der Waals surface area contributed by atoms with Crippen LogP contribution in [0.3, 0.4) is 0 Å². The van der Waals surface area contributed by atoms with Crippen LogP contribution in [0.4, 0.5) is 0 Å². The Morgan fingerprint density at radius 2 is 1.41 bits per heavy atom. The van der Waals surface area contributed by atoms with Crippen molar-refractivity contribution in [1.29, 1.82) is 0 Å². The molecule has 0 aliphatic heterocycles. The number of primary amides is 1. The molecule has 0 heterocycles. The first-order valence-corrected chi connectivity index (χ1v) is 10.4. The Morgan fingerprint density at radius 3 is 1.84 bits per heavy atom. The fraction of sp³-hybridized carbons (Fsp3) is 0.667. The number of hydrogen-bond acceptors (Lipinski definition) is 8. The van der Waals surface area contributed by atoms with Crippen LogP contribution in [0.2, 0.25) is 0 Å². The molecule has 32 heavy (non-hydrogen) atoms. The van der Waals surface area contributed by atoms with E-state index in [0.29, 0.717) is 0 Å². The predicted octanol–water partition coefficient (Wildman–Crippen LogP) is -2.43. The summed E-state index contributed by atoms with van der Waals surface area (Å²) >= 11 is 4.00. The fourth-order valence-electron chi connectivity index (χ4n) is 2.48. The van der Waals surface area contributed by atoms with Gasteiger partial charge in [-0.25, -0.2) is 4.79 Å². The van der Waals surface area contributed by atoms with Gasteiger partial charge in [-0.3, -0.25) is 24.0 Å². The van der Waals surface area contributed by atoms with Gasteiger partial charge in [0.2, 0.25) is 23.6 Å². The number of nitrogens with one attached hydrogen (secondary N) is 3. The molecule has 0 aromatic carbocycles. The van der Waals surface area contributed by atoms with Crippen LogP contribution in [0.25, 0.3) is 0 Å². The summed E-state index contributed by atoms with van der Waals surface area (Å²) in [6.07, 6.45) is -0.950. The summed E-state index contributed by atoms with van der Waals surface area (Å²) in [6, 6.07) is -4.88. The van der Waals surface area contributed by atoms with E-state index in [4.69, 9.17) is 16.6 Å². The molecule has 0 rings (SSSR count). The van der Waals surface area contributed by atoms with Gasteiger partial charge in [-0.05, 0) is 18.8 Å². The molecule has 0 aliphatic rings. The summed E-state index contributed by atoms with van der Waals surface area (Å²) in [4.78, 5) is 70.1. The summed E-state index contributed by atoms with van der Waals surface area (Å²) in [5.41, 5.74) is 10.6. The fourth-order valence-corrected chi connectivity index (χ4v) is 2.73. The van der Waals surface area contributed by atoms with Crippen LogP contribution in [-0.2, 0) is 28.8 Å². The van der Waals surface area contributed by atoms with Crippen LogP contribution in [0, 0.1) is 5.92 Å². The molecule has 182 valence electrons. The van der Waals surface area contributed by atoms with E-state index in [1.807, 2.05) is 0 Å². The van der Waals surface area contributed by atoms with E-state index in [9.17, 15) is 33.9 Å². The van der Waals surface area contributed by atoms with Gasteiger partial charge in [0, 0.05) is 18.6 Å². The average Bonchev–Trinajstić information content (AvgIpc) is 2.69. The first-order valence-electron chi connectivity index (χ1n) is 9.80. The SMILES string of the molecule is CC(C)C(NC(=O)C(N)CCC(=O)O)C(=O)NC(CS)C(=O)NC(CCC(N)=O)C(=O)O. The maximum Gasteiger partial charge on any atom is 0.326 e. The summed E-state index contributed by atoms with van der Waals surface area (Å²) in [6.45, 7) is 3.26. The molecule has 13 nitrogen and oxygen atoms in total. The highest BCUT2D eigenvalue weighted by atomic mass is 32.1. The van der Waals surface area contributed by atoms with Crippen LogP contribution in [0.1, 0.15) is 39.5 Å². The lowest BCUT2D eigenvalue weighted by molar-refractivity contribution is -0.142. The molecule has 0 saturated carbocycles. The predicted molar refractivity (Wildman–Crippen MR) is 115 cm³/mol. The highest BCUT2D eigenvalue weighted by Gasteiger charge is 2.31. The quantitative estimate of drug-likeness (QED) is 0.117. The highest BCUT2D eigenvalue weighted by Crippen LogP contribution is 2.06. The summed E-state index contributed by atoms with van der Waals surface area (Å²) < 4.78 is 0. The molecule has 0 aliphatic carbocycles. The minimum absolute atomic E-state index is 0.128. The Labute approximate surface area is 190 Å². The molecule has 0 spiro atoms. The Balaban J connectivity index is 5.14. The van der Waals surface area contributed by atoms with Gasteiger partial charge < -0.3 is 37.6 Å². The number of carboxylic acids is 2. The summed E-state index contributed by atoms with van der Waals surface area (Å²) in [5.74, 6) is -6.16. The number of hydrogen-bond donors (Lipinski definition) is 8. The van der Waals surface area contributed by atoms with Crippen molar-refractivity contribution in [3.05, 3.63) is 0 Å². The zero-order valence-corrected chi connectivity index (χ0v) is 18.8. The Kier molecular flexibility index (Phi) is 13.0. The highest BCUT2D eigenvalue weighted by molar-refractivity contribution is 7.80. The van der Waals surface area contributed by atoms with Gasteiger partial charge in [0.1, 0.15) is 18.1 Å². The summed E-state index contributed by atoms with van der Waals surface area (Å²) in [7, 11) is 0. The number of carbonyl (C=O) groups is 6. The Hall–Kier alpha value is -2.87. The minimum Gasteiger partial charge on any atom is -0.481 e. The zero-order valence-electron chi connectivity index (χ0n) is 17.9. The molecule has 4 amide bonds. The second-order valence-electron chi connectivity index (χ2n) is 7.42. The van der Waals surface area contributed by atoms with Gasteiger partial charge in [0.25, 0.3) is 0 Å². The smallest absolute Gasteiger partial charge is 0.326 e. The van der Waals surface area contributed by atoms with Crippen molar-refractivity contribution >= 4 is 48.2 Å². The standard InChI is InChI=1S/C18H31N5O8S/c1-8(2)14(23-15(27)9(19)3-6-13(25)26)17(29)22-11(7-32)16(28)21-10(18(30)31)4-5-12(20)24/h8-11,14,32H,3-7,19H2,1-2H3,(H2,20,24)(H,21,28)(H,22,29)(H,23,27)(H,25,26)(H,30,31). The van der Waals surface area contributed by atoms with Crippen molar-refractivity contribution in [2.45, 2.75) is 63.7 Å². The second-order valence-corrected chi connectivity index (χ2v) is 7.78. The van der Waals surface area contributed by atoms with E-state index in [1.54, 1.807) is 13.8 Å². The molecule has 4 unspecified atom stereocenters. The minimum atomic E-state index is -1.40. The van der Waals surface area contributed by atoms with Gasteiger partial charge >= 0.3 is 11.9 Å². The maximum absolute atomic E-state index is 12.7. The molecule has 0 fully saturated rings. The number of aliphatic carboxylic acids is 2. The van der Waals surface area contributed by atoms with E-state index in [2.05, 4.69) is 28.6 Å². The monoisotopic (exact) mass is 477 g/mol. The largest absolute Gasteiger partial charge is 0.481 e. The van der Waals surface area contributed by atoms with Crippen LogP contribution in [-0.4, -0.2) is 75.7 Å². The van der Waals surface area contributed by atoms with Gasteiger partial charge in [-0.15, -0.1) is 0 Å². The van der Waals surface area contributed by atoms with Crippen molar-refractivity contribution in [3.8, 4) is 0 Å². The van der Waals surface area contributed by atoms with Crippen LogP contribution in [0.15, 0.2) is 0 Å². The van der Waals surface area contributed by atoms with E-state index in [-0.39, 0.29) is 31.4 Å². The summed E-state index contributed by atoms with van der Waals surface area (Å²) in [5, 5.41) is 24.9. The lowest BCUT2D eigenvalue weighted by Gasteiger charge is -2.26. The van der Waals surface area contributed by atoms with Crippen molar-refractivity contribution in [1.82, 2.24) is 16.0 Å². The Bertz CT molecular complexity index is 717. The van der Waals surface area contributed by atoms with E-state index in [0.717, 1.165) is 0 Å². The zero-order chi connectivity index (χ0) is 25.0. The molecule has 0 radical (unpaired) electrons. The van der Waals surface area contributed by atoms with E-state index in [1.165, 1.54) is 0 Å². The molecule has 0 aromatic rings. The lowest BCUT2D eigenvalue weighted by Crippen LogP contribution is -2.59. The molecular weight excluding hydrogens is 446 g/mol. The molecule has 9 N–H and O–H groups in total. The normalized spacial score (nSPS) is 14.5. The number of nitrogens with two attached hydrogens (primary N) is 2. The lowest BCUT2D eigenvalue weighted by atomic mass is 10.0. The number of carbonyl (C=O) groups excluding carboxylic acids is 4. The number of amides is 4. The van der Waals surface area contributed by atoms with Crippen LogP contribution < -0.4 is 27.4 Å². The van der Waals surface area contributed by atoms with Crippen LogP contribution in [0.5, 0.6) is 0 Å². The average molecular weight is 478 g/mol. The number of carboxylic acid groups (broad SMARTS) is 2. The number of thiol groups is 1. The van der Waals surface area contributed by atoms with E-state index < -0.39 is 65.7 Å². The maximum atomic E-state index is 12.7. The van der Waals surface area contributed by atoms with Crippen molar-refractivity contribution in [2.24, 2.45) is 17.4 Å². The molecule has 0 saturated heterocycles. The topological polar surface area (TPSA) is 231 Å². The van der Waals surface area contributed by atoms with Gasteiger partial charge in [0.05, 0.1) is 6.04 Å². The van der Waals surface area contributed by atoms with Crippen molar-refractivity contribution < 1.29 is 39.0 Å². The van der Waals surface area contributed by atoms with Crippen molar-refractivity contribution in [3.63, 3.8) is 0 Å². The molecule has 14 heteroatoms. The van der Waals surface area contributed by atoms with Crippen LogP contribution >= 0.6 is 12.6 Å². The third kappa shape index (κ3) is 10.9. The molecule has 0 bridgehead atoms. The van der Waals surface area contributed by atoms with E-state index >= 15 is 0 Å². The molecule has 4 atom stereocenters. The van der Waals surface area contributed by atoms with Crippen molar-refractivity contribution in [2.75, 3.05) is 5.75 Å². The second kappa shape index (κ2) is 14.2. The number of rotatable bonds is 15. The first kappa shape index (κ1) is 29.1. The molecular formula is C18H31N5O8S.